The molecular formula is C14H16N2O. The van der Waals surface area contributed by atoms with Gasteiger partial charge >= 0.3 is 0 Å². The first-order valence-corrected chi connectivity index (χ1v) is 5.76. The lowest BCUT2D eigenvalue weighted by Crippen LogP contribution is -2.01. The molecule has 0 fully saturated rings. The molecule has 2 rings (SSSR count). The van der Waals surface area contributed by atoms with E-state index in [9.17, 15) is 4.79 Å². The van der Waals surface area contributed by atoms with Crippen LogP contribution in [0, 0.1) is 13.8 Å². The third-order valence-electron chi connectivity index (χ3n) is 2.99. The maximum absolute atomic E-state index is 12.2. The fourth-order valence-electron chi connectivity index (χ4n) is 1.70. The number of aryl methyl sites for hydroxylation is 3. The first-order valence-electron chi connectivity index (χ1n) is 5.76. The summed E-state index contributed by atoms with van der Waals surface area (Å²) in [5.41, 5.74) is 3.71. The van der Waals surface area contributed by atoms with E-state index in [4.69, 9.17) is 0 Å². The number of hydrogen-bond acceptors (Lipinski definition) is 2. The van der Waals surface area contributed by atoms with Crippen molar-refractivity contribution in [3.05, 3.63) is 52.8 Å². The molecule has 1 heterocycles. The molecule has 0 saturated carbocycles. The molecule has 17 heavy (non-hydrogen) atoms. The van der Waals surface area contributed by atoms with Gasteiger partial charge in [0, 0.05) is 18.3 Å². The molecule has 0 atom stereocenters. The second-order valence-corrected chi connectivity index (χ2v) is 4.21. The Morgan fingerprint density at radius 3 is 2.59 bits per heavy atom. The minimum Gasteiger partial charge on any atom is -0.288 e. The smallest absolute Gasteiger partial charge is 0.196 e. The van der Waals surface area contributed by atoms with Crippen LogP contribution in [0.1, 0.15) is 34.0 Å². The molecular weight excluding hydrogens is 212 g/mol. The molecule has 0 aliphatic carbocycles. The van der Waals surface area contributed by atoms with Crippen molar-refractivity contribution < 1.29 is 4.79 Å². The summed E-state index contributed by atoms with van der Waals surface area (Å²) in [5.74, 6) is 0.0350. The summed E-state index contributed by atoms with van der Waals surface area (Å²) >= 11 is 0. The summed E-state index contributed by atoms with van der Waals surface area (Å²) in [6.45, 7) is 6.83. The molecule has 0 radical (unpaired) electrons. The van der Waals surface area contributed by atoms with Gasteiger partial charge in [-0.1, -0.05) is 12.1 Å². The SMILES string of the molecule is CCn1cc(C(=O)c2ccc(C)c(C)c2)cn1. The average molecular weight is 228 g/mol. The number of rotatable bonds is 3. The second-order valence-electron chi connectivity index (χ2n) is 4.21. The van der Waals surface area contributed by atoms with Crippen LogP contribution in [0.4, 0.5) is 0 Å². The highest BCUT2D eigenvalue weighted by molar-refractivity contribution is 6.08. The quantitative estimate of drug-likeness (QED) is 0.757. The van der Waals surface area contributed by atoms with Gasteiger partial charge < -0.3 is 0 Å². The molecule has 0 N–H and O–H groups in total. The molecule has 3 nitrogen and oxygen atoms in total. The lowest BCUT2D eigenvalue weighted by atomic mass is 10.0. The van der Waals surface area contributed by atoms with Crippen LogP contribution in [0.25, 0.3) is 0 Å². The van der Waals surface area contributed by atoms with Crippen LogP contribution >= 0.6 is 0 Å². The van der Waals surface area contributed by atoms with Gasteiger partial charge in [0.15, 0.2) is 5.78 Å². The van der Waals surface area contributed by atoms with E-state index in [1.165, 1.54) is 5.56 Å². The highest BCUT2D eigenvalue weighted by atomic mass is 16.1. The van der Waals surface area contributed by atoms with Gasteiger partial charge in [-0.2, -0.15) is 5.10 Å². The van der Waals surface area contributed by atoms with Gasteiger partial charge in [0.05, 0.1) is 11.8 Å². The maximum atomic E-state index is 12.2. The summed E-state index contributed by atoms with van der Waals surface area (Å²) in [6.07, 6.45) is 3.42. The highest BCUT2D eigenvalue weighted by Gasteiger charge is 2.11. The number of hydrogen-bond donors (Lipinski definition) is 0. The van der Waals surface area contributed by atoms with Gasteiger partial charge in [-0.25, -0.2) is 0 Å². The zero-order valence-electron chi connectivity index (χ0n) is 10.4. The van der Waals surface area contributed by atoms with Crippen LogP contribution < -0.4 is 0 Å². The summed E-state index contributed by atoms with van der Waals surface area (Å²) in [5, 5.41) is 4.12. The van der Waals surface area contributed by atoms with Crippen molar-refractivity contribution in [3.63, 3.8) is 0 Å². The Kier molecular flexibility index (Phi) is 3.09. The lowest BCUT2D eigenvalue weighted by Gasteiger charge is -2.02. The molecule has 0 amide bonds. The molecule has 88 valence electrons. The molecule has 0 unspecified atom stereocenters. The maximum Gasteiger partial charge on any atom is 0.196 e. The Morgan fingerprint density at radius 2 is 2.00 bits per heavy atom. The molecule has 0 aliphatic rings. The van der Waals surface area contributed by atoms with Crippen molar-refractivity contribution in [1.29, 1.82) is 0 Å². The summed E-state index contributed by atoms with van der Waals surface area (Å²) in [4.78, 5) is 12.2. The largest absolute Gasteiger partial charge is 0.288 e. The Balaban J connectivity index is 2.33. The van der Waals surface area contributed by atoms with Crippen molar-refractivity contribution in [2.24, 2.45) is 0 Å². The van der Waals surface area contributed by atoms with Gasteiger partial charge in [-0.15, -0.1) is 0 Å². The number of ketones is 1. The number of carbonyl (C=O) groups excluding carboxylic acids is 1. The van der Waals surface area contributed by atoms with E-state index >= 15 is 0 Å². The normalized spacial score (nSPS) is 10.5. The Hall–Kier alpha value is -1.90. The fraction of sp³-hybridized carbons (Fsp3) is 0.286. The third-order valence-corrected chi connectivity index (χ3v) is 2.99. The van der Waals surface area contributed by atoms with E-state index in [1.54, 1.807) is 17.1 Å². The van der Waals surface area contributed by atoms with Crippen molar-refractivity contribution in [1.82, 2.24) is 9.78 Å². The van der Waals surface area contributed by atoms with E-state index in [2.05, 4.69) is 5.10 Å². The predicted molar refractivity (Wildman–Crippen MR) is 67.2 cm³/mol. The van der Waals surface area contributed by atoms with Crippen LogP contribution in [0.5, 0.6) is 0 Å². The van der Waals surface area contributed by atoms with Gasteiger partial charge in [0.2, 0.25) is 0 Å². The van der Waals surface area contributed by atoms with Crippen LogP contribution in [0.3, 0.4) is 0 Å². The van der Waals surface area contributed by atoms with E-state index < -0.39 is 0 Å². The van der Waals surface area contributed by atoms with Gasteiger partial charge in [0.1, 0.15) is 0 Å². The monoisotopic (exact) mass is 228 g/mol. The van der Waals surface area contributed by atoms with Crippen molar-refractivity contribution in [3.8, 4) is 0 Å². The average Bonchev–Trinajstić information content (AvgIpc) is 2.80. The molecule has 3 heteroatoms. The molecule has 2 aromatic rings. The van der Waals surface area contributed by atoms with E-state index in [1.807, 2.05) is 39.0 Å². The van der Waals surface area contributed by atoms with Gasteiger partial charge in [-0.3, -0.25) is 9.48 Å². The van der Waals surface area contributed by atoms with E-state index in [0.29, 0.717) is 5.56 Å². The molecule has 1 aromatic carbocycles. The number of aromatic nitrogens is 2. The summed E-state index contributed by atoms with van der Waals surface area (Å²) in [7, 11) is 0. The number of benzene rings is 1. The van der Waals surface area contributed by atoms with Gasteiger partial charge in [-0.05, 0) is 38.0 Å². The van der Waals surface area contributed by atoms with Gasteiger partial charge in [0.25, 0.3) is 0 Å². The Bertz CT molecular complexity index is 555. The van der Waals surface area contributed by atoms with Crippen LogP contribution in [-0.4, -0.2) is 15.6 Å². The summed E-state index contributed by atoms with van der Waals surface area (Å²) in [6, 6.07) is 5.78. The van der Waals surface area contributed by atoms with Crippen LogP contribution in [-0.2, 0) is 6.54 Å². The molecule has 1 aromatic heterocycles. The zero-order valence-corrected chi connectivity index (χ0v) is 10.4. The topological polar surface area (TPSA) is 34.9 Å². The number of nitrogens with zero attached hydrogens (tertiary/aromatic N) is 2. The molecule has 0 saturated heterocycles. The Morgan fingerprint density at radius 1 is 1.24 bits per heavy atom. The minimum atomic E-state index is 0.0350. The van der Waals surface area contributed by atoms with Crippen molar-refractivity contribution in [2.45, 2.75) is 27.3 Å². The summed E-state index contributed by atoms with van der Waals surface area (Å²) < 4.78 is 1.76. The molecule has 0 aliphatic heterocycles. The number of carbonyl (C=O) groups is 1. The molecule has 0 bridgehead atoms. The fourth-order valence-corrected chi connectivity index (χ4v) is 1.70. The zero-order chi connectivity index (χ0) is 12.4. The van der Waals surface area contributed by atoms with Crippen LogP contribution in [0.2, 0.25) is 0 Å². The predicted octanol–water partition coefficient (Wildman–Crippen LogP) is 2.75. The van der Waals surface area contributed by atoms with Crippen molar-refractivity contribution in [2.75, 3.05) is 0 Å². The second kappa shape index (κ2) is 4.53. The standard InChI is InChI=1S/C14H16N2O/c1-4-16-9-13(8-15-16)14(17)12-6-5-10(2)11(3)7-12/h5-9H,4H2,1-3H3. The first kappa shape index (κ1) is 11.6. The van der Waals surface area contributed by atoms with Crippen molar-refractivity contribution >= 4 is 5.78 Å². The minimum absolute atomic E-state index is 0.0350. The third kappa shape index (κ3) is 2.28. The van der Waals surface area contributed by atoms with Crippen LogP contribution in [0.15, 0.2) is 30.6 Å². The first-order chi connectivity index (χ1) is 8.11. The Labute approximate surface area is 101 Å². The van der Waals surface area contributed by atoms with E-state index in [-0.39, 0.29) is 5.78 Å². The highest BCUT2D eigenvalue weighted by Crippen LogP contribution is 2.14. The molecule has 0 spiro atoms. The van der Waals surface area contributed by atoms with E-state index in [0.717, 1.165) is 17.7 Å². The lowest BCUT2D eigenvalue weighted by molar-refractivity contribution is 0.103.